The zero-order valence-corrected chi connectivity index (χ0v) is 15.0. The molecular weight excluding hydrogens is 351 g/mol. The van der Waals surface area contributed by atoms with Crippen LogP contribution in [0.3, 0.4) is 0 Å². The molecule has 142 valence electrons. The molecule has 1 fully saturated rings. The summed E-state index contributed by atoms with van der Waals surface area (Å²) in [5.74, 6) is 0.122. The van der Waals surface area contributed by atoms with Gasteiger partial charge in [0.05, 0.1) is 25.5 Å². The van der Waals surface area contributed by atoms with E-state index in [1.54, 1.807) is 23.9 Å². The minimum atomic E-state index is -0.264. The molecule has 0 radical (unpaired) electrons. The molecule has 1 aliphatic heterocycles. The number of rotatable bonds is 5. The minimum absolute atomic E-state index is 0.00189. The van der Waals surface area contributed by atoms with Crippen molar-refractivity contribution in [2.75, 3.05) is 38.2 Å². The topological polar surface area (TPSA) is 88.1 Å². The molecular formula is C18H21FN6O2. The van der Waals surface area contributed by atoms with Crippen LogP contribution in [-0.2, 0) is 11.8 Å². The maximum atomic E-state index is 13.3. The number of ether oxygens (including phenoxy) is 1. The highest BCUT2D eigenvalue weighted by Crippen LogP contribution is 2.22. The summed E-state index contributed by atoms with van der Waals surface area (Å²) in [6.07, 6.45) is 1.50. The van der Waals surface area contributed by atoms with E-state index in [9.17, 15) is 9.18 Å². The molecule has 2 N–H and O–H groups in total. The quantitative estimate of drug-likeness (QED) is 0.702. The lowest BCUT2D eigenvalue weighted by Crippen LogP contribution is -2.41. The molecule has 0 spiro atoms. The molecule has 8 nitrogen and oxygen atoms in total. The number of halogens is 1. The first kappa shape index (κ1) is 17.6. The van der Waals surface area contributed by atoms with Crippen molar-refractivity contribution in [1.82, 2.24) is 24.6 Å². The number of anilines is 1. The summed E-state index contributed by atoms with van der Waals surface area (Å²) >= 11 is 0. The van der Waals surface area contributed by atoms with Gasteiger partial charge in [0.25, 0.3) is 5.56 Å². The van der Waals surface area contributed by atoms with E-state index in [4.69, 9.17) is 4.74 Å². The third kappa shape index (κ3) is 3.69. The van der Waals surface area contributed by atoms with Gasteiger partial charge in [0.15, 0.2) is 5.65 Å². The number of fused-ring (bicyclic) bond motifs is 1. The first-order chi connectivity index (χ1) is 13.1. The summed E-state index contributed by atoms with van der Waals surface area (Å²) in [4.78, 5) is 21.7. The van der Waals surface area contributed by atoms with Crippen molar-refractivity contribution in [2.45, 2.75) is 6.04 Å². The van der Waals surface area contributed by atoms with E-state index >= 15 is 0 Å². The SMILES string of the molecule is Cn1ncc2c(=O)[nH]c(NCC(c3ccc(F)cc3)N3CCOCC3)nc21. The van der Waals surface area contributed by atoms with Crippen LogP contribution >= 0.6 is 0 Å². The summed E-state index contributed by atoms with van der Waals surface area (Å²) in [5.41, 5.74) is 1.28. The second-order valence-corrected chi connectivity index (χ2v) is 6.52. The van der Waals surface area contributed by atoms with Crippen molar-refractivity contribution in [1.29, 1.82) is 0 Å². The number of hydrogen-bond donors (Lipinski definition) is 2. The van der Waals surface area contributed by atoms with Gasteiger partial charge in [-0.3, -0.25) is 19.4 Å². The molecule has 1 unspecified atom stereocenters. The highest BCUT2D eigenvalue weighted by molar-refractivity contribution is 5.74. The smallest absolute Gasteiger partial charge is 0.263 e. The van der Waals surface area contributed by atoms with Gasteiger partial charge >= 0.3 is 0 Å². The Balaban J connectivity index is 1.58. The van der Waals surface area contributed by atoms with Crippen LogP contribution in [0.2, 0.25) is 0 Å². The fraction of sp³-hybridized carbons (Fsp3) is 0.389. The Morgan fingerprint density at radius 1 is 1.30 bits per heavy atom. The van der Waals surface area contributed by atoms with Crippen LogP contribution < -0.4 is 10.9 Å². The Labute approximate surface area is 155 Å². The van der Waals surface area contributed by atoms with E-state index in [2.05, 4.69) is 25.3 Å². The molecule has 3 heterocycles. The largest absolute Gasteiger partial charge is 0.379 e. The lowest BCUT2D eigenvalue weighted by atomic mass is 10.0. The summed E-state index contributed by atoms with van der Waals surface area (Å²) in [5, 5.41) is 7.74. The molecule has 1 aliphatic rings. The van der Waals surface area contributed by atoms with Gasteiger partial charge in [0, 0.05) is 26.7 Å². The summed E-state index contributed by atoms with van der Waals surface area (Å²) in [6.45, 7) is 3.41. The van der Waals surface area contributed by atoms with Crippen LogP contribution in [0, 0.1) is 5.82 Å². The van der Waals surface area contributed by atoms with Gasteiger partial charge in [0.2, 0.25) is 5.95 Å². The van der Waals surface area contributed by atoms with Gasteiger partial charge < -0.3 is 10.1 Å². The standard InChI is InChI=1S/C18H21FN6O2/c1-24-16-14(10-21-24)17(26)23-18(22-16)20-11-15(25-6-8-27-9-7-25)12-2-4-13(19)5-3-12/h2-5,10,15H,6-9,11H2,1H3,(H2,20,22,23,26). The predicted molar refractivity (Wildman–Crippen MR) is 99.2 cm³/mol. The predicted octanol–water partition coefficient (Wildman–Crippen LogP) is 1.28. The summed E-state index contributed by atoms with van der Waals surface area (Å²) in [6, 6.07) is 6.51. The second kappa shape index (κ2) is 7.45. The molecule has 0 amide bonds. The van der Waals surface area contributed by atoms with E-state index in [-0.39, 0.29) is 17.4 Å². The number of nitrogens with one attached hydrogen (secondary N) is 2. The first-order valence-electron chi connectivity index (χ1n) is 8.85. The van der Waals surface area contributed by atoms with Crippen molar-refractivity contribution in [2.24, 2.45) is 7.05 Å². The summed E-state index contributed by atoms with van der Waals surface area (Å²) in [7, 11) is 1.74. The molecule has 2 aromatic heterocycles. The number of benzene rings is 1. The summed E-state index contributed by atoms with van der Waals surface area (Å²) < 4.78 is 20.3. The zero-order valence-electron chi connectivity index (χ0n) is 15.0. The third-order valence-electron chi connectivity index (χ3n) is 4.81. The minimum Gasteiger partial charge on any atom is -0.379 e. The van der Waals surface area contributed by atoms with Gasteiger partial charge in [-0.15, -0.1) is 0 Å². The van der Waals surface area contributed by atoms with E-state index < -0.39 is 0 Å². The normalized spacial score (nSPS) is 16.5. The molecule has 1 saturated heterocycles. The lowest BCUT2D eigenvalue weighted by Gasteiger charge is -2.35. The van der Waals surface area contributed by atoms with Crippen molar-refractivity contribution in [3.05, 3.63) is 52.2 Å². The van der Waals surface area contributed by atoms with Crippen LogP contribution in [-0.4, -0.2) is 57.5 Å². The van der Waals surface area contributed by atoms with Crippen LogP contribution in [0.15, 0.2) is 35.3 Å². The van der Waals surface area contributed by atoms with Crippen molar-refractivity contribution in [3.63, 3.8) is 0 Å². The van der Waals surface area contributed by atoms with E-state index in [0.717, 1.165) is 18.7 Å². The molecule has 1 atom stereocenters. The Hall–Kier alpha value is -2.78. The zero-order chi connectivity index (χ0) is 18.8. The van der Waals surface area contributed by atoms with Gasteiger partial charge in [-0.25, -0.2) is 4.39 Å². The maximum absolute atomic E-state index is 13.3. The number of H-pyrrole nitrogens is 1. The van der Waals surface area contributed by atoms with E-state index in [0.29, 0.717) is 36.7 Å². The van der Waals surface area contributed by atoms with Gasteiger partial charge in [0.1, 0.15) is 11.2 Å². The van der Waals surface area contributed by atoms with Crippen molar-refractivity contribution in [3.8, 4) is 0 Å². The molecule has 0 saturated carbocycles. The molecule has 0 aliphatic carbocycles. The van der Waals surface area contributed by atoms with E-state index in [1.807, 2.05) is 0 Å². The molecule has 4 rings (SSSR count). The number of morpholine rings is 1. The van der Waals surface area contributed by atoms with Crippen molar-refractivity contribution >= 4 is 17.0 Å². The Morgan fingerprint density at radius 2 is 2.04 bits per heavy atom. The van der Waals surface area contributed by atoms with Crippen LogP contribution in [0.5, 0.6) is 0 Å². The molecule has 0 bridgehead atoms. The van der Waals surface area contributed by atoms with Crippen LogP contribution in [0.4, 0.5) is 10.3 Å². The molecule has 3 aromatic rings. The van der Waals surface area contributed by atoms with Gasteiger partial charge in [-0.05, 0) is 17.7 Å². The average molecular weight is 372 g/mol. The van der Waals surface area contributed by atoms with Crippen LogP contribution in [0.25, 0.3) is 11.0 Å². The Morgan fingerprint density at radius 3 is 2.78 bits per heavy atom. The Bertz CT molecular complexity index is 978. The number of aromatic nitrogens is 4. The van der Waals surface area contributed by atoms with Crippen LogP contribution in [0.1, 0.15) is 11.6 Å². The highest BCUT2D eigenvalue weighted by atomic mass is 19.1. The molecule has 27 heavy (non-hydrogen) atoms. The molecule has 9 heteroatoms. The highest BCUT2D eigenvalue weighted by Gasteiger charge is 2.23. The van der Waals surface area contributed by atoms with E-state index in [1.165, 1.54) is 18.3 Å². The van der Waals surface area contributed by atoms with Gasteiger partial charge in [-0.2, -0.15) is 10.1 Å². The lowest BCUT2D eigenvalue weighted by molar-refractivity contribution is 0.0186. The fourth-order valence-corrected chi connectivity index (χ4v) is 3.34. The number of aryl methyl sites for hydroxylation is 1. The number of nitrogens with zero attached hydrogens (tertiary/aromatic N) is 4. The maximum Gasteiger partial charge on any atom is 0.263 e. The fourth-order valence-electron chi connectivity index (χ4n) is 3.34. The Kier molecular flexibility index (Phi) is 4.87. The number of aromatic amines is 1. The average Bonchev–Trinajstić information content (AvgIpc) is 3.06. The monoisotopic (exact) mass is 372 g/mol. The van der Waals surface area contributed by atoms with Gasteiger partial charge in [-0.1, -0.05) is 12.1 Å². The second-order valence-electron chi connectivity index (χ2n) is 6.52. The third-order valence-corrected chi connectivity index (χ3v) is 4.81. The molecule has 1 aromatic carbocycles. The number of hydrogen-bond acceptors (Lipinski definition) is 6. The van der Waals surface area contributed by atoms with Crippen molar-refractivity contribution < 1.29 is 9.13 Å². The first-order valence-corrected chi connectivity index (χ1v) is 8.85.